The summed E-state index contributed by atoms with van der Waals surface area (Å²) >= 11 is 3.21. The Morgan fingerprint density at radius 3 is 2.69 bits per heavy atom. The average molecular weight is 246 g/mol. The van der Waals surface area contributed by atoms with E-state index in [0.717, 1.165) is 0 Å². The van der Waals surface area contributed by atoms with Crippen molar-refractivity contribution in [3.05, 3.63) is 37.8 Å². The Morgan fingerprint density at radius 1 is 1.62 bits per heavy atom. The van der Waals surface area contributed by atoms with E-state index in [1.165, 1.54) is 6.07 Å². The van der Waals surface area contributed by atoms with E-state index in [4.69, 9.17) is 5.11 Å². The second-order valence-electron chi connectivity index (χ2n) is 2.65. The van der Waals surface area contributed by atoms with Gasteiger partial charge in [-0.15, -0.1) is 0 Å². The van der Waals surface area contributed by atoms with Crippen molar-refractivity contribution in [2.24, 2.45) is 0 Å². The molecule has 0 spiro atoms. The van der Waals surface area contributed by atoms with Crippen molar-refractivity contribution in [2.45, 2.75) is 13.5 Å². The summed E-state index contributed by atoms with van der Waals surface area (Å²) in [5.74, 6) is 0. The quantitative estimate of drug-likeness (QED) is 0.642. The van der Waals surface area contributed by atoms with Crippen molar-refractivity contribution in [2.75, 3.05) is 0 Å². The summed E-state index contributed by atoms with van der Waals surface area (Å²) < 4.78 is 0.693. The second kappa shape index (κ2) is 3.85. The van der Waals surface area contributed by atoms with Gasteiger partial charge in [0.1, 0.15) is 0 Å². The van der Waals surface area contributed by atoms with Crippen LogP contribution < -0.4 is 0 Å². The number of nitro benzene ring substituents is 1. The van der Waals surface area contributed by atoms with Gasteiger partial charge < -0.3 is 5.11 Å². The van der Waals surface area contributed by atoms with E-state index in [0.29, 0.717) is 15.6 Å². The first-order chi connectivity index (χ1) is 6.06. The lowest BCUT2D eigenvalue weighted by atomic mass is 10.1. The third-order valence-corrected chi connectivity index (χ3v) is 2.47. The van der Waals surface area contributed by atoms with Crippen LogP contribution in [0.1, 0.15) is 11.1 Å². The van der Waals surface area contributed by atoms with Gasteiger partial charge in [0.25, 0.3) is 5.69 Å². The molecule has 0 unspecified atom stereocenters. The molecule has 0 saturated carbocycles. The molecule has 0 fully saturated rings. The minimum absolute atomic E-state index is 0.0345. The topological polar surface area (TPSA) is 63.4 Å². The van der Waals surface area contributed by atoms with Crippen LogP contribution in [0.5, 0.6) is 0 Å². The Hall–Kier alpha value is -0.940. The van der Waals surface area contributed by atoms with E-state index in [1.807, 2.05) is 0 Å². The first-order valence-electron chi connectivity index (χ1n) is 3.60. The molecule has 13 heavy (non-hydrogen) atoms. The van der Waals surface area contributed by atoms with Gasteiger partial charge in [0.05, 0.1) is 11.5 Å². The molecule has 0 aliphatic heterocycles. The van der Waals surface area contributed by atoms with Crippen LogP contribution in [-0.2, 0) is 6.61 Å². The number of aliphatic hydroxyl groups excluding tert-OH is 1. The number of hydrogen-bond donors (Lipinski definition) is 1. The summed E-state index contributed by atoms with van der Waals surface area (Å²) in [5, 5.41) is 19.4. The van der Waals surface area contributed by atoms with Gasteiger partial charge in [0.2, 0.25) is 0 Å². The fraction of sp³-hybridized carbons (Fsp3) is 0.250. The molecule has 0 aliphatic rings. The Morgan fingerprint density at radius 2 is 2.23 bits per heavy atom. The zero-order chi connectivity index (χ0) is 10.0. The number of benzene rings is 1. The van der Waals surface area contributed by atoms with E-state index in [1.54, 1.807) is 13.0 Å². The Kier molecular flexibility index (Phi) is 3.00. The Bertz CT molecular complexity index is 351. The molecular weight excluding hydrogens is 238 g/mol. The number of nitrogens with zero attached hydrogens (tertiary/aromatic N) is 1. The zero-order valence-electron chi connectivity index (χ0n) is 6.95. The highest BCUT2D eigenvalue weighted by Crippen LogP contribution is 2.26. The number of aliphatic hydroxyl groups is 1. The van der Waals surface area contributed by atoms with Crippen LogP contribution in [0, 0.1) is 17.0 Å². The summed E-state index contributed by atoms with van der Waals surface area (Å²) in [6.45, 7) is 1.45. The van der Waals surface area contributed by atoms with Crippen molar-refractivity contribution in [3.63, 3.8) is 0 Å². The molecule has 0 saturated heterocycles. The predicted molar refractivity (Wildman–Crippen MR) is 51.5 cm³/mol. The number of rotatable bonds is 2. The van der Waals surface area contributed by atoms with Gasteiger partial charge >= 0.3 is 0 Å². The highest BCUT2D eigenvalue weighted by Gasteiger charge is 2.13. The predicted octanol–water partition coefficient (Wildman–Crippen LogP) is 2.16. The summed E-state index contributed by atoms with van der Waals surface area (Å²) in [5.41, 5.74) is 1.14. The molecule has 0 radical (unpaired) electrons. The summed E-state index contributed by atoms with van der Waals surface area (Å²) in [6.07, 6.45) is 0. The van der Waals surface area contributed by atoms with Gasteiger partial charge in [-0.1, -0.05) is 15.9 Å². The number of hydrogen-bond acceptors (Lipinski definition) is 3. The van der Waals surface area contributed by atoms with Crippen molar-refractivity contribution >= 4 is 21.6 Å². The van der Waals surface area contributed by atoms with Gasteiger partial charge in [0, 0.05) is 16.1 Å². The van der Waals surface area contributed by atoms with Crippen LogP contribution in [0.15, 0.2) is 16.6 Å². The van der Waals surface area contributed by atoms with Crippen LogP contribution in [0.25, 0.3) is 0 Å². The minimum atomic E-state index is -0.457. The molecule has 0 amide bonds. The van der Waals surface area contributed by atoms with E-state index < -0.39 is 4.92 Å². The molecule has 0 aliphatic carbocycles. The standard InChI is InChI=1S/C8H8BrNO3/c1-5-2-7(9)6(4-11)3-8(5)10(12)13/h2-3,11H,4H2,1H3. The van der Waals surface area contributed by atoms with Gasteiger partial charge in [0.15, 0.2) is 0 Å². The SMILES string of the molecule is Cc1cc(Br)c(CO)cc1[N+](=O)[O-]. The fourth-order valence-electron chi connectivity index (χ4n) is 1.02. The van der Waals surface area contributed by atoms with Crippen molar-refractivity contribution in [1.29, 1.82) is 0 Å². The Labute approximate surface area is 83.5 Å². The van der Waals surface area contributed by atoms with Gasteiger partial charge in [-0.05, 0) is 18.6 Å². The molecule has 1 N–H and O–H groups in total. The molecule has 0 bridgehead atoms. The third kappa shape index (κ3) is 2.05. The monoisotopic (exact) mass is 245 g/mol. The molecule has 1 rings (SSSR count). The van der Waals surface area contributed by atoms with Crippen LogP contribution in [0.3, 0.4) is 0 Å². The molecule has 0 heterocycles. The van der Waals surface area contributed by atoms with Crippen LogP contribution in [0.4, 0.5) is 5.69 Å². The fourth-order valence-corrected chi connectivity index (χ4v) is 1.61. The lowest BCUT2D eigenvalue weighted by Gasteiger charge is -2.02. The highest BCUT2D eigenvalue weighted by molar-refractivity contribution is 9.10. The van der Waals surface area contributed by atoms with Crippen LogP contribution in [-0.4, -0.2) is 10.0 Å². The summed E-state index contributed by atoms with van der Waals surface area (Å²) in [4.78, 5) is 10.1. The summed E-state index contributed by atoms with van der Waals surface area (Å²) in [7, 11) is 0. The molecular formula is C8H8BrNO3. The van der Waals surface area contributed by atoms with Crippen molar-refractivity contribution in [3.8, 4) is 0 Å². The normalized spacial score (nSPS) is 10.1. The van der Waals surface area contributed by atoms with Crippen molar-refractivity contribution < 1.29 is 10.0 Å². The number of nitro groups is 1. The average Bonchev–Trinajstić information content (AvgIpc) is 2.03. The maximum absolute atomic E-state index is 10.5. The first kappa shape index (κ1) is 10.1. The van der Waals surface area contributed by atoms with Crippen LogP contribution in [0.2, 0.25) is 0 Å². The number of aryl methyl sites for hydroxylation is 1. The Balaban J connectivity index is 3.30. The second-order valence-corrected chi connectivity index (χ2v) is 3.50. The highest BCUT2D eigenvalue weighted by atomic mass is 79.9. The molecule has 0 aromatic heterocycles. The van der Waals surface area contributed by atoms with Gasteiger partial charge in [-0.3, -0.25) is 10.1 Å². The minimum Gasteiger partial charge on any atom is -0.392 e. The van der Waals surface area contributed by atoms with Gasteiger partial charge in [-0.25, -0.2) is 0 Å². The van der Waals surface area contributed by atoms with E-state index in [2.05, 4.69) is 15.9 Å². The van der Waals surface area contributed by atoms with Gasteiger partial charge in [-0.2, -0.15) is 0 Å². The summed E-state index contributed by atoms with van der Waals surface area (Å²) in [6, 6.07) is 3.00. The molecule has 1 aromatic carbocycles. The number of halogens is 1. The van der Waals surface area contributed by atoms with E-state index >= 15 is 0 Å². The molecule has 0 atom stereocenters. The molecule has 1 aromatic rings. The van der Waals surface area contributed by atoms with Crippen molar-refractivity contribution in [1.82, 2.24) is 0 Å². The molecule has 70 valence electrons. The lowest BCUT2D eigenvalue weighted by Crippen LogP contribution is -1.95. The smallest absolute Gasteiger partial charge is 0.272 e. The first-order valence-corrected chi connectivity index (χ1v) is 4.40. The molecule has 5 heteroatoms. The lowest BCUT2D eigenvalue weighted by molar-refractivity contribution is -0.385. The zero-order valence-corrected chi connectivity index (χ0v) is 8.54. The van der Waals surface area contributed by atoms with E-state index in [-0.39, 0.29) is 12.3 Å². The van der Waals surface area contributed by atoms with Crippen LogP contribution >= 0.6 is 15.9 Å². The molecule has 4 nitrogen and oxygen atoms in total. The maximum Gasteiger partial charge on any atom is 0.272 e. The largest absolute Gasteiger partial charge is 0.392 e. The third-order valence-electron chi connectivity index (χ3n) is 1.73. The maximum atomic E-state index is 10.5. The van der Waals surface area contributed by atoms with E-state index in [9.17, 15) is 10.1 Å².